The van der Waals surface area contributed by atoms with E-state index in [9.17, 15) is 13.2 Å². The van der Waals surface area contributed by atoms with Crippen LogP contribution in [-0.2, 0) is 0 Å². The van der Waals surface area contributed by atoms with Crippen LogP contribution in [0.25, 0.3) is 0 Å². The largest absolute Gasteiger partial charge is 0.409 e. The lowest BCUT2D eigenvalue weighted by Crippen LogP contribution is -2.28. The van der Waals surface area contributed by atoms with E-state index in [0.717, 1.165) is 17.8 Å². The van der Waals surface area contributed by atoms with Gasteiger partial charge in [0.1, 0.15) is 6.04 Å². The molecule has 0 saturated heterocycles. The van der Waals surface area contributed by atoms with Crippen LogP contribution in [0.4, 0.5) is 13.2 Å². The number of alkyl halides is 3. The zero-order valence-electron chi connectivity index (χ0n) is 7.21. The topological polar surface area (TPSA) is 38.9 Å². The minimum Gasteiger partial charge on any atom is -0.315 e. The van der Waals surface area contributed by atoms with Gasteiger partial charge in [0, 0.05) is 11.3 Å². The van der Waals surface area contributed by atoms with Gasteiger partial charge >= 0.3 is 6.18 Å². The monoisotopic (exact) mass is 222 g/mol. The highest BCUT2D eigenvalue weighted by molar-refractivity contribution is 7.09. The first kappa shape index (κ1) is 9.92. The second kappa shape index (κ2) is 3.20. The van der Waals surface area contributed by atoms with Crippen molar-refractivity contribution < 1.29 is 13.2 Å². The molecule has 14 heavy (non-hydrogen) atoms. The van der Waals surface area contributed by atoms with Crippen molar-refractivity contribution in [3.8, 4) is 0 Å². The van der Waals surface area contributed by atoms with Crippen LogP contribution >= 0.6 is 11.3 Å². The Morgan fingerprint density at radius 2 is 2.14 bits per heavy atom. The number of rotatable bonds is 2. The lowest BCUT2D eigenvalue weighted by molar-refractivity contribution is -0.149. The number of halogens is 3. The zero-order chi connectivity index (χ0) is 10.3. The van der Waals surface area contributed by atoms with Crippen LogP contribution in [0, 0.1) is 0 Å². The third kappa shape index (κ3) is 1.90. The summed E-state index contributed by atoms with van der Waals surface area (Å²) in [5.41, 5.74) is 4.97. The highest BCUT2D eigenvalue weighted by Crippen LogP contribution is 2.42. The molecule has 1 aromatic heterocycles. The van der Waals surface area contributed by atoms with Crippen molar-refractivity contribution in [2.24, 2.45) is 5.73 Å². The first-order valence-electron chi connectivity index (χ1n) is 4.26. The van der Waals surface area contributed by atoms with E-state index in [4.69, 9.17) is 5.73 Å². The summed E-state index contributed by atoms with van der Waals surface area (Å²) in [5, 5.41) is 2.20. The first-order chi connectivity index (χ1) is 6.48. The predicted molar refractivity (Wildman–Crippen MR) is 47.1 cm³/mol. The number of thiazole rings is 1. The second-order valence-corrected chi connectivity index (χ2v) is 4.29. The smallest absolute Gasteiger partial charge is 0.315 e. The summed E-state index contributed by atoms with van der Waals surface area (Å²) in [6, 6.07) is -1.94. The molecule has 2 rings (SSSR count). The van der Waals surface area contributed by atoms with E-state index in [0.29, 0.717) is 5.92 Å². The zero-order valence-corrected chi connectivity index (χ0v) is 8.03. The highest BCUT2D eigenvalue weighted by Gasteiger charge is 2.40. The maximum atomic E-state index is 12.2. The SMILES string of the molecule is NC(c1csc(C2CC2)n1)C(F)(F)F. The molecule has 6 heteroatoms. The fourth-order valence-corrected chi connectivity index (χ4v) is 2.16. The van der Waals surface area contributed by atoms with Gasteiger partial charge in [0.2, 0.25) is 0 Å². The van der Waals surface area contributed by atoms with Crippen LogP contribution in [0.1, 0.15) is 35.5 Å². The molecule has 0 amide bonds. The van der Waals surface area contributed by atoms with Gasteiger partial charge in [-0.1, -0.05) is 0 Å². The van der Waals surface area contributed by atoms with Crippen LogP contribution in [0.3, 0.4) is 0 Å². The van der Waals surface area contributed by atoms with Crippen molar-refractivity contribution in [3.05, 3.63) is 16.1 Å². The Labute approximate surface area is 82.9 Å². The quantitative estimate of drug-likeness (QED) is 0.835. The van der Waals surface area contributed by atoms with E-state index in [-0.39, 0.29) is 5.69 Å². The molecular weight excluding hydrogens is 213 g/mol. The molecule has 0 bridgehead atoms. The maximum Gasteiger partial charge on any atom is 0.409 e. The van der Waals surface area contributed by atoms with E-state index >= 15 is 0 Å². The Bertz CT molecular complexity index is 330. The van der Waals surface area contributed by atoms with Gasteiger partial charge in [0.15, 0.2) is 0 Å². The number of aromatic nitrogens is 1. The molecule has 1 saturated carbocycles. The van der Waals surface area contributed by atoms with Crippen molar-refractivity contribution in [1.82, 2.24) is 4.98 Å². The van der Waals surface area contributed by atoms with Crippen molar-refractivity contribution in [2.75, 3.05) is 0 Å². The first-order valence-corrected chi connectivity index (χ1v) is 5.14. The molecular formula is C8H9F3N2S. The van der Waals surface area contributed by atoms with E-state index in [1.807, 2.05) is 0 Å². The van der Waals surface area contributed by atoms with Crippen LogP contribution in [0.2, 0.25) is 0 Å². The minimum absolute atomic E-state index is 0.0515. The summed E-state index contributed by atoms with van der Waals surface area (Å²) in [6.45, 7) is 0. The van der Waals surface area contributed by atoms with Crippen LogP contribution in [0.5, 0.6) is 0 Å². The molecule has 0 aromatic carbocycles. The van der Waals surface area contributed by atoms with Gasteiger partial charge in [-0.2, -0.15) is 13.2 Å². The molecule has 2 nitrogen and oxygen atoms in total. The second-order valence-electron chi connectivity index (χ2n) is 3.40. The molecule has 1 aliphatic carbocycles. The van der Waals surface area contributed by atoms with E-state index < -0.39 is 12.2 Å². The summed E-state index contributed by atoms with van der Waals surface area (Å²) in [6.07, 6.45) is -2.32. The maximum absolute atomic E-state index is 12.2. The van der Waals surface area contributed by atoms with E-state index in [1.165, 1.54) is 16.7 Å². The van der Waals surface area contributed by atoms with Gasteiger partial charge in [-0.05, 0) is 12.8 Å². The average Bonchev–Trinajstić information content (AvgIpc) is 2.82. The minimum atomic E-state index is -4.39. The third-order valence-corrected chi connectivity index (χ3v) is 3.16. The van der Waals surface area contributed by atoms with Gasteiger partial charge in [-0.25, -0.2) is 4.98 Å². The van der Waals surface area contributed by atoms with E-state index in [2.05, 4.69) is 4.98 Å². The number of nitrogens with two attached hydrogens (primary N) is 1. The molecule has 0 aliphatic heterocycles. The normalized spacial score (nSPS) is 19.7. The third-order valence-electron chi connectivity index (χ3n) is 2.14. The Morgan fingerprint density at radius 1 is 1.50 bits per heavy atom. The van der Waals surface area contributed by atoms with Gasteiger partial charge in [-0.3, -0.25) is 0 Å². The van der Waals surface area contributed by atoms with E-state index in [1.54, 1.807) is 0 Å². The number of nitrogens with zero attached hydrogens (tertiary/aromatic N) is 1. The van der Waals surface area contributed by atoms with Gasteiger partial charge < -0.3 is 5.73 Å². The van der Waals surface area contributed by atoms with Crippen molar-refractivity contribution >= 4 is 11.3 Å². The van der Waals surface area contributed by atoms with Crippen LogP contribution in [-0.4, -0.2) is 11.2 Å². The fraction of sp³-hybridized carbons (Fsp3) is 0.625. The molecule has 1 unspecified atom stereocenters. The Kier molecular flexibility index (Phi) is 2.27. The van der Waals surface area contributed by atoms with Crippen molar-refractivity contribution in [2.45, 2.75) is 31.0 Å². The summed E-state index contributed by atoms with van der Waals surface area (Å²) in [5.74, 6) is 0.384. The van der Waals surface area contributed by atoms with Crippen LogP contribution in [0.15, 0.2) is 5.38 Å². The van der Waals surface area contributed by atoms with Gasteiger partial charge in [-0.15, -0.1) is 11.3 Å². The van der Waals surface area contributed by atoms with Gasteiger partial charge in [0.05, 0.1) is 10.7 Å². The van der Waals surface area contributed by atoms with Gasteiger partial charge in [0.25, 0.3) is 0 Å². The summed E-state index contributed by atoms with van der Waals surface area (Å²) in [4.78, 5) is 3.91. The highest BCUT2D eigenvalue weighted by atomic mass is 32.1. The van der Waals surface area contributed by atoms with Crippen molar-refractivity contribution in [1.29, 1.82) is 0 Å². The lowest BCUT2D eigenvalue weighted by Gasteiger charge is -2.12. The summed E-state index contributed by atoms with van der Waals surface area (Å²) in [7, 11) is 0. The molecule has 0 radical (unpaired) electrons. The lowest BCUT2D eigenvalue weighted by atomic mass is 10.2. The molecule has 1 fully saturated rings. The molecule has 1 aliphatic rings. The van der Waals surface area contributed by atoms with Crippen LogP contribution < -0.4 is 5.73 Å². The molecule has 1 atom stereocenters. The molecule has 0 spiro atoms. The molecule has 78 valence electrons. The van der Waals surface area contributed by atoms with Crippen molar-refractivity contribution in [3.63, 3.8) is 0 Å². The Hall–Kier alpha value is -0.620. The number of hydrogen-bond acceptors (Lipinski definition) is 3. The molecule has 2 N–H and O–H groups in total. The Balaban J connectivity index is 2.15. The fourth-order valence-electron chi connectivity index (χ4n) is 1.13. The standard InChI is InChI=1S/C8H9F3N2S/c9-8(10,11)6(12)5-3-14-7(13-5)4-1-2-4/h3-4,6H,1-2,12H2. The average molecular weight is 222 g/mol. The Morgan fingerprint density at radius 3 is 2.64 bits per heavy atom. The molecule has 1 heterocycles. The summed E-state index contributed by atoms with van der Waals surface area (Å²) < 4.78 is 36.6. The number of hydrogen-bond donors (Lipinski definition) is 1. The summed E-state index contributed by atoms with van der Waals surface area (Å²) >= 11 is 1.27. The molecule has 1 aromatic rings. The predicted octanol–water partition coefficient (Wildman–Crippen LogP) is 2.58.